The summed E-state index contributed by atoms with van der Waals surface area (Å²) in [7, 11) is -2.88. The van der Waals surface area contributed by atoms with Crippen molar-refractivity contribution < 1.29 is 0 Å². The van der Waals surface area contributed by atoms with Crippen LogP contribution >= 0.6 is 0 Å². The van der Waals surface area contributed by atoms with Gasteiger partial charge in [-0.2, -0.15) is 5.26 Å². The molecule has 6 heteroatoms. The van der Waals surface area contributed by atoms with E-state index < -0.39 is 8.07 Å². The Morgan fingerprint density at radius 1 is 0.373 bits per heavy atom. The number of hydrogen-bond donors (Lipinski definition) is 0. The van der Waals surface area contributed by atoms with Crippen LogP contribution in [0.2, 0.25) is 0 Å². The smallest absolute Gasteiger partial charge is 0.179 e. The molecule has 0 saturated carbocycles. The first-order valence-corrected chi connectivity index (χ1v) is 21.8. The van der Waals surface area contributed by atoms with Crippen molar-refractivity contribution in [1.82, 2.24) is 19.1 Å². The Hall–Kier alpha value is -7.85. The molecule has 0 bridgehead atoms. The lowest BCUT2D eigenvalue weighted by atomic mass is 10.2. The zero-order valence-corrected chi connectivity index (χ0v) is 32.9. The summed E-state index contributed by atoms with van der Waals surface area (Å²) in [6.07, 6.45) is 0. The second kappa shape index (κ2) is 14.0. The van der Waals surface area contributed by atoms with Crippen molar-refractivity contribution in [2.45, 2.75) is 0 Å². The molecule has 59 heavy (non-hydrogen) atoms. The number of hydrogen-bond acceptors (Lipinski definition) is 3. The van der Waals surface area contributed by atoms with Gasteiger partial charge in [-0.05, 0) is 45.0 Å². The first-order valence-electron chi connectivity index (χ1n) is 19.8. The van der Waals surface area contributed by atoms with E-state index in [1.807, 2.05) is 24.3 Å². The van der Waals surface area contributed by atoms with Gasteiger partial charge in [0.05, 0.1) is 22.1 Å². The van der Waals surface area contributed by atoms with E-state index in [0.717, 1.165) is 49.2 Å². The second-order valence-electron chi connectivity index (χ2n) is 14.8. The van der Waals surface area contributed by atoms with Gasteiger partial charge in [-0.15, -0.1) is 0 Å². The van der Waals surface area contributed by atoms with Gasteiger partial charge in [0.2, 0.25) is 0 Å². The quantitative estimate of drug-likeness (QED) is 0.120. The van der Waals surface area contributed by atoms with Gasteiger partial charge >= 0.3 is 0 Å². The van der Waals surface area contributed by atoms with E-state index in [1.165, 1.54) is 20.7 Å². The van der Waals surface area contributed by atoms with Crippen LogP contribution in [0.25, 0.3) is 66.6 Å². The van der Waals surface area contributed by atoms with Crippen molar-refractivity contribution in [2.75, 3.05) is 0 Å². The molecule has 276 valence electrons. The topological polar surface area (TPSA) is 59.4 Å². The minimum atomic E-state index is -2.88. The van der Waals surface area contributed by atoms with Gasteiger partial charge in [0.25, 0.3) is 0 Å². The molecule has 3 aromatic heterocycles. The fourth-order valence-electron chi connectivity index (χ4n) is 9.25. The van der Waals surface area contributed by atoms with Crippen LogP contribution in [0.5, 0.6) is 0 Å². The molecule has 0 spiro atoms. The Labute approximate surface area is 342 Å². The molecule has 0 radical (unpaired) electrons. The third-order valence-electron chi connectivity index (χ3n) is 11.7. The van der Waals surface area contributed by atoms with E-state index in [-0.39, 0.29) is 0 Å². The maximum Gasteiger partial charge on any atom is 0.179 e. The molecule has 0 aliphatic rings. The Morgan fingerprint density at radius 2 is 0.712 bits per heavy atom. The highest BCUT2D eigenvalue weighted by molar-refractivity contribution is 7.19. The highest BCUT2D eigenvalue weighted by Crippen LogP contribution is 2.37. The zero-order chi connectivity index (χ0) is 39.3. The number of nitriles is 1. The molecule has 0 unspecified atom stereocenters. The molecule has 0 saturated heterocycles. The summed E-state index contributed by atoms with van der Waals surface area (Å²) >= 11 is 0. The van der Waals surface area contributed by atoms with Gasteiger partial charge in [-0.1, -0.05) is 188 Å². The minimum absolute atomic E-state index is 0.393. The van der Waals surface area contributed by atoms with Gasteiger partial charge < -0.3 is 0 Å². The zero-order valence-electron chi connectivity index (χ0n) is 31.9. The predicted molar refractivity (Wildman–Crippen MR) is 244 cm³/mol. The molecule has 11 rings (SSSR count). The van der Waals surface area contributed by atoms with Crippen molar-refractivity contribution in [3.05, 3.63) is 218 Å². The first kappa shape index (κ1) is 34.4. The van der Waals surface area contributed by atoms with Crippen LogP contribution in [0.15, 0.2) is 212 Å². The lowest BCUT2D eigenvalue weighted by Crippen LogP contribution is -2.74. The van der Waals surface area contributed by atoms with Crippen molar-refractivity contribution in [2.24, 2.45) is 0 Å². The average Bonchev–Trinajstić information content (AvgIpc) is 3.83. The first-order chi connectivity index (χ1) is 29.3. The van der Waals surface area contributed by atoms with Gasteiger partial charge in [0.1, 0.15) is 11.6 Å². The molecule has 0 aliphatic carbocycles. The molecule has 0 amide bonds. The maximum absolute atomic E-state index is 11.3. The Kier molecular flexibility index (Phi) is 8.14. The van der Waals surface area contributed by atoms with E-state index in [0.29, 0.717) is 23.0 Å². The minimum Gasteiger partial charge on any atom is -0.292 e. The van der Waals surface area contributed by atoms with Gasteiger partial charge in [-0.3, -0.25) is 9.13 Å². The van der Waals surface area contributed by atoms with E-state index in [4.69, 9.17) is 9.97 Å². The SMILES string of the molecule is N#Cc1c(-n2c3ccccc3c3ccccc32)nc(-c2cccc([Si](c3ccccc3)(c3ccccc3)c3ccccc3)c2)nc1-n1c2ccccc2c2ccccc21. The Bertz CT molecular complexity index is 3060. The Morgan fingerprint density at radius 3 is 1.08 bits per heavy atom. The van der Waals surface area contributed by atoms with Crippen LogP contribution in [-0.4, -0.2) is 27.2 Å². The fourth-order valence-corrected chi connectivity index (χ4v) is 14.0. The summed E-state index contributed by atoms with van der Waals surface area (Å²) in [6, 6.07) is 77.7. The molecule has 0 fully saturated rings. The van der Waals surface area contributed by atoms with Gasteiger partial charge in [0, 0.05) is 27.1 Å². The van der Waals surface area contributed by atoms with Crippen LogP contribution in [0.1, 0.15) is 5.56 Å². The summed E-state index contributed by atoms with van der Waals surface area (Å²) in [5.74, 6) is 1.61. The molecule has 0 aliphatic heterocycles. The highest BCUT2D eigenvalue weighted by atomic mass is 28.3. The average molecular weight is 770 g/mol. The van der Waals surface area contributed by atoms with Crippen molar-refractivity contribution in [1.29, 1.82) is 5.26 Å². The second-order valence-corrected chi connectivity index (χ2v) is 18.7. The van der Waals surface area contributed by atoms with E-state index in [2.05, 4.69) is 203 Å². The van der Waals surface area contributed by atoms with Gasteiger partial charge in [0.15, 0.2) is 25.5 Å². The Balaban J connectivity index is 1.26. The summed E-state index contributed by atoms with van der Waals surface area (Å²) in [4.78, 5) is 10.9. The standard InChI is InChI=1S/C53H35N5Si/c54-36-46-52(57-47-31-14-10-27-42(47)43-28-11-15-32-48(43)57)55-51(56-53(46)58-49-33-16-12-29-44(49)45-30-13-17-34-50(45)58)37-19-18-26-41(35-37)59(38-20-4-1-5-21-38,39-22-6-2-7-23-39)40-24-8-3-9-25-40/h1-35H. The summed E-state index contributed by atoms with van der Waals surface area (Å²) in [6.45, 7) is 0. The van der Waals surface area contributed by atoms with Crippen molar-refractivity contribution in [3.63, 3.8) is 0 Å². The van der Waals surface area contributed by atoms with E-state index in [1.54, 1.807) is 0 Å². The summed E-state index contributed by atoms with van der Waals surface area (Å²) < 4.78 is 4.29. The number of fused-ring (bicyclic) bond motifs is 6. The van der Waals surface area contributed by atoms with Gasteiger partial charge in [-0.25, -0.2) is 9.97 Å². The number of para-hydroxylation sites is 4. The molecule has 5 nitrogen and oxygen atoms in total. The number of aromatic nitrogens is 4. The maximum atomic E-state index is 11.3. The van der Waals surface area contributed by atoms with Crippen LogP contribution in [-0.2, 0) is 0 Å². The third-order valence-corrected chi connectivity index (χ3v) is 16.5. The molecule has 0 N–H and O–H groups in total. The lowest BCUT2D eigenvalue weighted by molar-refractivity contribution is 0.982. The fraction of sp³-hybridized carbons (Fsp3) is 0. The monoisotopic (exact) mass is 769 g/mol. The summed E-state index contributed by atoms with van der Waals surface area (Å²) in [5.41, 5.74) is 5.15. The molecule has 11 aromatic rings. The molecule has 3 heterocycles. The third kappa shape index (κ3) is 5.30. The number of nitrogens with zero attached hydrogens (tertiary/aromatic N) is 5. The highest BCUT2D eigenvalue weighted by Gasteiger charge is 2.41. The van der Waals surface area contributed by atoms with Crippen LogP contribution in [0, 0.1) is 11.3 Å². The number of rotatable bonds is 7. The van der Waals surface area contributed by atoms with E-state index >= 15 is 0 Å². The van der Waals surface area contributed by atoms with Crippen LogP contribution in [0.4, 0.5) is 0 Å². The van der Waals surface area contributed by atoms with Crippen LogP contribution in [0.3, 0.4) is 0 Å². The lowest BCUT2D eigenvalue weighted by Gasteiger charge is -2.34. The van der Waals surface area contributed by atoms with Crippen molar-refractivity contribution in [3.8, 4) is 29.1 Å². The summed E-state index contributed by atoms with van der Waals surface area (Å²) in [5, 5.41) is 20.8. The molecule has 0 atom stereocenters. The van der Waals surface area contributed by atoms with Crippen LogP contribution < -0.4 is 20.7 Å². The van der Waals surface area contributed by atoms with Crippen molar-refractivity contribution >= 4 is 72.4 Å². The normalized spacial score (nSPS) is 11.7. The predicted octanol–water partition coefficient (Wildman–Crippen LogP) is 9.59. The number of benzene rings is 8. The largest absolute Gasteiger partial charge is 0.292 e. The molecule has 8 aromatic carbocycles. The molecular weight excluding hydrogens is 735 g/mol. The van der Waals surface area contributed by atoms with E-state index in [9.17, 15) is 5.26 Å². The molecular formula is C53H35N5Si.